The van der Waals surface area contributed by atoms with Gasteiger partial charge in [-0.3, -0.25) is 0 Å². The Hall–Kier alpha value is -0.640. The van der Waals surface area contributed by atoms with Crippen molar-refractivity contribution >= 4 is 0 Å². The summed E-state index contributed by atoms with van der Waals surface area (Å²) >= 11 is 0. The van der Waals surface area contributed by atoms with Crippen molar-refractivity contribution in [3.63, 3.8) is 0 Å². The second-order valence-electron chi connectivity index (χ2n) is 8.81. The van der Waals surface area contributed by atoms with Gasteiger partial charge in [-0.25, -0.2) is 0 Å². The maximum atomic E-state index is 10.7. The highest BCUT2D eigenvalue weighted by atomic mass is 16.3. The van der Waals surface area contributed by atoms with Gasteiger partial charge in [0.25, 0.3) is 0 Å². The Morgan fingerprint density at radius 2 is 1.87 bits per heavy atom. The number of aliphatic hydroxyl groups excluding tert-OH is 3. The molecular weight excluding hydrogens is 288 g/mol. The lowest BCUT2D eigenvalue weighted by Gasteiger charge is -2.39. The summed E-state index contributed by atoms with van der Waals surface area (Å²) < 4.78 is 0. The van der Waals surface area contributed by atoms with Crippen LogP contribution in [0.3, 0.4) is 0 Å². The molecule has 0 aromatic rings. The molecule has 1 unspecified atom stereocenters. The van der Waals surface area contributed by atoms with Crippen LogP contribution in [-0.4, -0.2) is 34.1 Å². The Morgan fingerprint density at radius 1 is 1.17 bits per heavy atom. The minimum atomic E-state index is -0.774. The minimum absolute atomic E-state index is 0.0886. The fourth-order valence-electron chi connectivity index (χ4n) is 5.76. The molecule has 0 aromatic heterocycles. The third-order valence-corrected chi connectivity index (χ3v) is 7.05. The van der Waals surface area contributed by atoms with Crippen LogP contribution in [0.15, 0.2) is 22.8 Å². The number of fused-ring (bicyclic) bond motifs is 2. The first kappa shape index (κ1) is 17.2. The van der Waals surface area contributed by atoms with E-state index in [1.54, 1.807) is 0 Å². The molecule has 1 saturated carbocycles. The summed E-state index contributed by atoms with van der Waals surface area (Å²) in [5, 5.41) is 31.2. The van der Waals surface area contributed by atoms with E-state index in [9.17, 15) is 15.3 Å². The van der Waals surface area contributed by atoms with Gasteiger partial charge >= 0.3 is 0 Å². The zero-order valence-corrected chi connectivity index (χ0v) is 15.0. The van der Waals surface area contributed by atoms with Crippen molar-refractivity contribution < 1.29 is 15.3 Å². The molecule has 0 saturated heterocycles. The number of rotatable bonds is 2. The SMILES string of the molecule is CC(C)C1[C@@H](O)[C@H](O)C2=CC3=C(CO)CCC[C@@]3(C)CC[C@@]21C. The van der Waals surface area contributed by atoms with Gasteiger partial charge < -0.3 is 15.3 Å². The van der Waals surface area contributed by atoms with Crippen molar-refractivity contribution in [1.29, 1.82) is 0 Å². The Kier molecular flexibility index (Phi) is 4.27. The fourth-order valence-corrected chi connectivity index (χ4v) is 5.76. The zero-order chi connectivity index (χ0) is 17.0. The summed E-state index contributed by atoms with van der Waals surface area (Å²) in [5.74, 6) is 0.417. The third kappa shape index (κ3) is 2.43. The first-order valence-corrected chi connectivity index (χ1v) is 9.16. The summed E-state index contributed by atoms with van der Waals surface area (Å²) in [5.41, 5.74) is 3.31. The van der Waals surface area contributed by atoms with Crippen LogP contribution in [0.1, 0.15) is 59.8 Å². The monoisotopic (exact) mass is 320 g/mol. The molecule has 3 aliphatic rings. The molecule has 0 spiro atoms. The van der Waals surface area contributed by atoms with Crippen LogP contribution < -0.4 is 0 Å². The largest absolute Gasteiger partial charge is 0.392 e. The van der Waals surface area contributed by atoms with Crippen LogP contribution in [0.2, 0.25) is 0 Å². The van der Waals surface area contributed by atoms with Crippen LogP contribution in [0.4, 0.5) is 0 Å². The van der Waals surface area contributed by atoms with E-state index in [2.05, 4.69) is 33.8 Å². The van der Waals surface area contributed by atoms with Gasteiger partial charge in [-0.15, -0.1) is 0 Å². The molecule has 3 heteroatoms. The molecule has 130 valence electrons. The van der Waals surface area contributed by atoms with Gasteiger partial charge in [0, 0.05) is 0 Å². The van der Waals surface area contributed by atoms with Crippen molar-refractivity contribution in [2.24, 2.45) is 22.7 Å². The maximum absolute atomic E-state index is 10.7. The molecule has 0 bridgehead atoms. The first-order chi connectivity index (χ1) is 10.7. The molecule has 0 heterocycles. The van der Waals surface area contributed by atoms with Crippen LogP contribution in [0, 0.1) is 22.7 Å². The molecule has 3 aliphatic carbocycles. The average Bonchev–Trinajstić information content (AvgIpc) is 2.60. The average molecular weight is 320 g/mol. The first-order valence-electron chi connectivity index (χ1n) is 9.16. The molecule has 0 amide bonds. The molecule has 3 rings (SSSR count). The minimum Gasteiger partial charge on any atom is -0.392 e. The zero-order valence-electron chi connectivity index (χ0n) is 15.0. The van der Waals surface area contributed by atoms with Crippen molar-refractivity contribution in [2.45, 2.75) is 72.0 Å². The van der Waals surface area contributed by atoms with Gasteiger partial charge in [0.1, 0.15) is 6.10 Å². The number of hydrogen-bond acceptors (Lipinski definition) is 3. The summed E-state index contributed by atoms with van der Waals surface area (Å²) in [6.07, 6.45) is 5.99. The number of allylic oxidation sites excluding steroid dienone is 2. The van der Waals surface area contributed by atoms with Crippen molar-refractivity contribution in [3.8, 4) is 0 Å². The highest BCUT2D eigenvalue weighted by Gasteiger charge is 2.56. The standard InChI is InChI=1S/C20H32O3/c1-12(2)16-18(23)17(22)15-10-14-13(11-21)6-5-7-19(14,3)8-9-20(15,16)4/h10,12,16-18,21-23H,5-9,11H2,1-4H3/t16?,17-,18-,19+,20+/m1/s1. The Bertz CT molecular complexity index is 547. The van der Waals surface area contributed by atoms with Gasteiger partial charge in [0.15, 0.2) is 0 Å². The van der Waals surface area contributed by atoms with Gasteiger partial charge in [-0.1, -0.05) is 33.8 Å². The molecule has 5 atom stereocenters. The van der Waals surface area contributed by atoms with Gasteiger partial charge in [0.05, 0.1) is 12.7 Å². The summed E-state index contributed by atoms with van der Waals surface area (Å²) in [6, 6.07) is 0. The predicted octanol–water partition coefficient (Wildman–Crippen LogP) is 3.20. The molecule has 3 N–H and O–H groups in total. The van der Waals surface area contributed by atoms with Crippen LogP contribution in [0.25, 0.3) is 0 Å². The lowest BCUT2D eigenvalue weighted by atomic mass is 9.66. The summed E-state index contributed by atoms with van der Waals surface area (Å²) in [4.78, 5) is 0. The molecule has 1 fully saturated rings. The van der Waals surface area contributed by atoms with Crippen LogP contribution >= 0.6 is 0 Å². The highest BCUT2D eigenvalue weighted by molar-refractivity contribution is 5.44. The van der Waals surface area contributed by atoms with E-state index in [-0.39, 0.29) is 23.4 Å². The Balaban J connectivity index is 2.16. The Morgan fingerprint density at radius 3 is 2.48 bits per heavy atom. The lowest BCUT2D eigenvalue weighted by Crippen LogP contribution is -2.35. The van der Waals surface area contributed by atoms with E-state index in [4.69, 9.17) is 0 Å². The molecule has 0 aliphatic heterocycles. The third-order valence-electron chi connectivity index (χ3n) is 7.05. The second-order valence-corrected chi connectivity index (χ2v) is 8.81. The molecule has 0 radical (unpaired) electrons. The van der Waals surface area contributed by atoms with Crippen molar-refractivity contribution in [2.75, 3.05) is 6.61 Å². The van der Waals surface area contributed by atoms with Gasteiger partial charge in [-0.05, 0) is 71.5 Å². The molecule has 0 aromatic carbocycles. The van der Waals surface area contributed by atoms with Crippen molar-refractivity contribution in [3.05, 3.63) is 22.8 Å². The van der Waals surface area contributed by atoms with E-state index in [0.717, 1.165) is 43.3 Å². The van der Waals surface area contributed by atoms with E-state index < -0.39 is 12.2 Å². The smallest absolute Gasteiger partial charge is 0.102 e. The number of hydrogen-bond donors (Lipinski definition) is 3. The van der Waals surface area contributed by atoms with E-state index in [1.165, 1.54) is 5.57 Å². The van der Waals surface area contributed by atoms with E-state index in [0.29, 0.717) is 5.92 Å². The van der Waals surface area contributed by atoms with Gasteiger partial charge in [0.2, 0.25) is 0 Å². The normalized spacial score (nSPS) is 44.0. The second kappa shape index (κ2) is 5.72. The summed E-state index contributed by atoms with van der Waals surface area (Å²) in [6.45, 7) is 8.94. The predicted molar refractivity (Wildman–Crippen MR) is 91.8 cm³/mol. The summed E-state index contributed by atoms with van der Waals surface area (Å²) in [7, 11) is 0. The quantitative estimate of drug-likeness (QED) is 0.732. The molecule has 3 nitrogen and oxygen atoms in total. The highest BCUT2D eigenvalue weighted by Crippen LogP contribution is 2.59. The fraction of sp³-hybridized carbons (Fsp3) is 0.800. The van der Waals surface area contributed by atoms with E-state index in [1.807, 2.05) is 0 Å². The van der Waals surface area contributed by atoms with E-state index >= 15 is 0 Å². The Labute approximate surface area is 140 Å². The lowest BCUT2D eigenvalue weighted by molar-refractivity contribution is -0.00133. The molecule has 23 heavy (non-hydrogen) atoms. The topological polar surface area (TPSA) is 60.7 Å². The number of aliphatic hydroxyl groups is 3. The van der Waals surface area contributed by atoms with Gasteiger partial charge in [-0.2, -0.15) is 0 Å². The maximum Gasteiger partial charge on any atom is 0.102 e. The molecular formula is C20H32O3. The van der Waals surface area contributed by atoms with Crippen LogP contribution in [0.5, 0.6) is 0 Å². The van der Waals surface area contributed by atoms with Crippen molar-refractivity contribution in [1.82, 2.24) is 0 Å². The van der Waals surface area contributed by atoms with Crippen LogP contribution in [-0.2, 0) is 0 Å².